The van der Waals surface area contributed by atoms with Crippen LogP contribution in [0.2, 0.25) is 0 Å². The molecule has 0 fully saturated rings. The second-order valence-electron chi connectivity index (χ2n) is 2.44. The van der Waals surface area contributed by atoms with Gasteiger partial charge in [-0.2, -0.15) is 0 Å². The Hall–Kier alpha value is -1.51. The first-order chi connectivity index (χ1) is 6.29. The standard InChI is InChI=1S/C8H7NO2.C2H6/c1-9-4-2-6-3-5-11-7(6)8(9)10;1-2/h2-5H,1H3;1-2H3. The van der Waals surface area contributed by atoms with Gasteiger partial charge < -0.3 is 8.98 Å². The van der Waals surface area contributed by atoms with Gasteiger partial charge in [0.05, 0.1) is 6.26 Å². The summed E-state index contributed by atoms with van der Waals surface area (Å²) in [4.78, 5) is 11.3. The zero-order valence-electron chi connectivity index (χ0n) is 8.07. The van der Waals surface area contributed by atoms with Crippen LogP contribution in [0.4, 0.5) is 0 Å². The van der Waals surface area contributed by atoms with E-state index in [9.17, 15) is 4.79 Å². The summed E-state index contributed by atoms with van der Waals surface area (Å²) in [5.41, 5.74) is 0.336. The Morgan fingerprint density at radius 3 is 2.69 bits per heavy atom. The van der Waals surface area contributed by atoms with E-state index in [-0.39, 0.29) is 5.56 Å². The van der Waals surface area contributed by atoms with Crippen LogP contribution in [0.25, 0.3) is 11.0 Å². The van der Waals surface area contributed by atoms with Gasteiger partial charge in [0.1, 0.15) is 0 Å². The Balaban J connectivity index is 0.000000396. The lowest BCUT2D eigenvalue weighted by molar-refractivity contribution is 0.605. The minimum Gasteiger partial charge on any atom is -0.459 e. The predicted molar refractivity (Wildman–Crippen MR) is 52.8 cm³/mol. The molecule has 0 aliphatic heterocycles. The van der Waals surface area contributed by atoms with Crippen molar-refractivity contribution < 1.29 is 4.42 Å². The molecule has 2 heterocycles. The average molecular weight is 179 g/mol. The number of pyridine rings is 1. The van der Waals surface area contributed by atoms with Crippen LogP contribution in [0.5, 0.6) is 0 Å². The molecule has 2 aromatic rings. The third-order valence-corrected chi connectivity index (χ3v) is 1.69. The van der Waals surface area contributed by atoms with Crippen molar-refractivity contribution in [3.63, 3.8) is 0 Å². The van der Waals surface area contributed by atoms with Crippen LogP contribution < -0.4 is 5.56 Å². The molecule has 0 bridgehead atoms. The molecule has 0 unspecified atom stereocenters. The summed E-state index contributed by atoms with van der Waals surface area (Å²) in [5, 5.41) is 0.855. The third kappa shape index (κ3) is 1.64. The zero-order chi connectivity index (χ0) is 9.84. The lowest BCUT2D eigenvalue weighted by Crippen LogP contribution is -2.14. The number of hydrogen-bond acceptors (Lipinski definition) is 2. The van der Waals surface area contributed by atoms with Crippen LogP contribution in [0, 0.1) is 0 Å². The minimum atomic E-state index is -0.0903. The molecular weight excluding hydrogens is 166 g/mol. The van der Waals surface area contributed by atoms with E-state index in [1.807, 2.05) is 19.9 Å². The maximum Gasteiger partial charge on any atom is 0.293 e. The Morgan fingerprint density at radius 1 is 1.31 bits per heavy atom. The highest BCUT2D eigenvalue weighted by Gasteiger charge is 2.00. The van der Waals surface area contributed by atoms with Crippen molar-refractivity contribution in [2.75, 3.05) is 0 Å². The lowest BCUT2D eigenvalue weighted by Gasteiger charge is -1.93. The summed E-state index contributed by atoms with van der Waals surface area (Å²) in [7, 11) is 1.70. The summed E-state index contributed by atoms with van der Waals surface area (Å²) < 4.78 is 6.49. The number of aryl methyl sites for hydroxylation is 1. The summed E-state index contributed by atoms with van der Waals surface area (Å²) >= 11 is 0. The van der Waals surface area contributed by atoms with E-state index < -0.39 is 0 Å². The van der Waals surface area contributed by atoms with Gasteiger partial charge in [-0.15, -0.1) is 0 Å². The smallest absolute Gasteiger partial charge is 0.293 e. The topological polar surface area (TPSA) is 35.1 Å². The summed E-state index contributed by atoms with van der Waals surface area (Å²) in [6.45, 7) is 4.00. The van der Waals surface area contributed by atoms with Crippen molar-refractivity contribution in [2.45, 2.75) is 13.8 Å². The number of rotatable bonds is 0. The molecule has 0 atom stereocenters. The van der Waals surface area contributed by atoms with E-state index in [2.05, 4.69) is 0 Å². The zero-order valence-corrected chi connectivity index (χ0v) is 8.07. The van der Waals surface area contributed by atoms with E-state index in [0.29, 0.717) is 5.58 Å². The molecular formula is C10H13NO2. The summed E-state index contributed by atoms with van der Waals surface area (Å²) in [5.74, 6) is 0. The van der Waals surface area contributed by atoms with Gasteiger partial charge in [-0.25, -0.2) is 0 Å². The van der Waals surface area contributed by atoms with Gasteiger partial charge >= 0.3 is 0 Å². The SMILES string of the molecule is CC.Cn1ccc2ccoc2c1=O. The molecule has 0 aromatic carbocycles. The molecule has 0 radical (unpaired) electrons. The molecule has 13 heavy (non-hydrogen) atoms. The lowest BCUT2D eigenvalue weighted by atomic mass is 10.3. The highest BCUT2D eigenvalue weighted by Crippen LogP contribution is 2.08. The van der Waals surface area contributed by atoms with Crippen LogP contribution in [0.15, 0.2) is 33.8 Å². The minimum absolute atomic E-state index is 0.0903. The highest BCUT2D eigenvalue weighted by atomic mass is 16.3. The second-order valence-corrected chi connectivity index (χ2v) is 2.44. The number of fused-ring (bicyclic) bond motifs is 1. The Labute approximate surface area is 76.6 Å². The van der Waals surface area contributed by atoms with E-state index in [1.54, 1.807) is 19.3 Å². The molecule has 3 nitrogen and oxygen atoms in total. The number of furan rings is 1. The fourth-order valence-electron chi connectivity index (χ4n) is 1.04. The normalized spacial score (nSPS) is 9.46. The average Bonchev–Trinajstić information content (AvgIpc) is 2.63. The van der Waals surface area contributed by atoms with Crippen LogP contribution in [0.1, 0.15) is 13.8 Å². The van der Waals surface area contributed by atoms with Crippen molar-refractivity contribution in [3.05, 3.63) is 34.9 Å². The molecule has 0 saturated heterocycles. The molecule has 2 rings (SSSR count). The van der Waals surface area contributed by atoms with Crippen LogP contribution in [-0.4, -0.2) is 4.57 Å². The van der Waals surface area contributed by atoms with Crippen LogP contribution in [0.3, 0.4) is 0 Å². The Morgan fingerprint density at radius 2 is 2.00 bits per heavy atom. The quantitative estimate of drug-likeness (QED) is 0.621. The first-order valence-corrected chi connectivity index (χ1v) is 4.32. The molecule has 2 aromatic heterocycles. The van der Waals surface area contributed by atoms with Crippen molar-refractivity contribution >= 4 is 11.0 Å². The highest BCUT2D eigenvalue weighted by molar-refractivity contribution is 5.75. The van der Waals surface area contributed by atoms with Gasteiger partial charge in [0.25, 0.3) is 5.56 Å². The van der Waals surface area contributed by atoms with Gasteiger partial charge in [-0.05, 0) is 12.1 Å². The predicted octanol–water partition coefficient (Wildman–Crippen LogP) is 2.16. The maximum atomic E-state index is 11.3. The van der Waals surface area contributed by atoms with Crippen molar-refractivity contribution in [1.82, 2.24) is 4.57 Å². The van der Waals surface area contributed by atoms with Crippen molar-refractivity contribution in [1.29, 1.82) is 0 Å². The second kappa shape index (κ2) is 3.94. The summed E-state index contributed by atoms with van der Waals surface area (Å²) in [6.07, 6.45) is 3.24. The van der Waals surface area contributed by atoms with E-state index in [1.165, 1.54) is 10.8 Å². The fourth-order valence-corrected chi connectivity index (χ4v) is 1.04. The van der Waals surface area contributed by atoms with Crippen molar-refractivity contribution in [3.8, 4) is 0 Å². The monoisotopic (exact) mass is 179 g/mol. The van der Waals surface area contributed by atoms with Crippen LogP contribution >= 0.6 is 0 Å². The molecule has 0 saturated carbocycles. The largest absolute Gasteiger partial charge is 0.459 e. The van der Waals surface area contributed by atoms with Crippen LogP contribution in [-0.2, 0) is 7.05 Å². The number of nitrogens with zero attached hydrogens (tertiary/aromatic N) is 1. The number of aromatic nitrogens is 1. The van der Waals surface area contributed by atoms with E-state index in [0.717, 1.165) is 5.39 Å². The molecule has 0 aliphatic rings. The number of hydrogen-bond donors (Lipinski definition) is 0. The maximum absolute atomic E-state index is 11.3. The molecule has 0 amide bonds. The Bertz CT molecular complexity index is 439. The van der Waals surface area contributed by atoms with Crippen molar-refractivity contribution in [2.24, 2.45) is 7.05 Å². The molecule has 70 valence electrons. The summed E-state index contributed by atoms with van der Waals surface area (Å²) in [6, 6.07) is 3.62. The van der Waals surface area contributed by atoms with Gasteiger partial charge in [0.2, 0.25) is 0 Å². The van der Waals surface area contributed by atoms with E-state index >= 15 is 0 Å². The molecule has 0 aliphatic carbocycles. The first kappa shape index (κ1) is 9.58. The van der Waals surface area contributed by atoms with Gasteiger partial charge in [-0.1, -0.05) is 13.8 Å². The molecule has 3 heteroatoms. The van der Waals surface area contributed by atoms with Gasteiger partial charge in [-0.3, -0.25) is 4.79 Å². The third-order valence-electron chi connectivity index (χ3n) is 1.69. The Kier molecular flexibility index (Phi) is 2.90. The molecule has 0 spiro atoms. The van der Waals surface area contributed by atoms with E-state index in [4.69, 9.17) is 4.42 Å². The molecule has 0 N–H and O–H groups in total. The van der Waals surface area contributed by atoms with Gasteiger partial charge in [0.15, 0.2) is 5.58 Å². The van der Waals surface area contributed by atoms with Gasteiger partial charge in [0, 0.05) is 18.6 Å². The fraction of sp³-hybridized carbons (Fsp3) is 0.300. The first-order valence-electron chi connectivity index (χ1n) is 4.32.